The maximum Gasteiger partial charge on any atom is 0.160 e. The van der Waals surface area contributed by atoms with E-state index in [9.17, 15) is 0 Å². The first-order valence-electron chi connectivity index (χ1n) is 7.57. The van der Waals surface area contributed by atoms with Gasteiger partial charge in [0.25, 0.3) is 0 Å². The minimum absolute atomic E-state index is 0.430. The molecule has 110 valence electrons. The van der Waals surface area contributed by atoms with Gasteiger partial charge >= 0.3 is 0 Å². The van der Waals surface area contributed by atoms with Crippen LogP contribution < -0.4 is 0 Å². The molecule has 1 unspecified atom stereocenters. The van der Waals surface area contributed by atoms with Crippen molar-refractivity contribution >= 4 is 22.8 Å². The molecule has 0 bridgehead atoms. The second-order valence-corrected chi connectivity index (χ2v) is 5.86. The number of aromatic nitrogens is 3. The van der Waals surface area contributed by atoms with E-state index in [1.54, 1.807) is 0 Å². The van der Waals surface area contributed by atoms with E-state index < -0.39 is 0 Å². The molecule has 0 aliphatic heterocycles. The van der Waals surface area contributed by atoms with Crippen molar-refractivity contribution < 1.29 is 0 Å². The normalized spacial score (nSPS) is 13.0. The topological polar surface area (TPSA) is 30.7 Å². The van der Waals surface area contributed by atoms with E-state index in [0.717, 1.165) is 29.1 Å². The summed E-state index contributed by atoms with van der Waals surface area (Å²) in [7, 11) is 0. The van der Waals surface area contributed by atoms with Crippen LogP contribution in [-0.2, 0) is 6.42 Å². The number of hydrogen-bond acceptors (Lipinski definition) is 2. The second kappa shape index (κ2) is 7.07. The molecule has 0 spiro atoms. The van der Waals surface area contributed by atoms with E-state index in [1.807, 2.05) is 13.0 Å². The minimum Gasteiger partial charge on any atom is -0.310 e. The molecule has 0 saturated carbocycles. The van der Waals surface area contributed by atoms with Crippen LogP contribution in [0.5, 0.6) is 0 Å². The van der Waals surface area contributed by atoms with Crippen LogP contribution in [0.4, 0.5) is 0 Å². The highest BCUT2D eigenvalue weighted by Crippen LogP contribution is 2.24. The highest BCUT2D eigenvalue weighted by Gasteiger charge is 2.16. The van der Waals surface area contributed by atoms with Gasteiger partial charge in [-0.3, -0.25) is 0 Å². The molecule has 20 heavy (non-hydrogen) atoms. The second-order valence-electron chi connectivity index (χ2n) is 5.48. The van der Waals surface area contributed by atoms with Crippen LogP contribution >= 0.6 is 11.6 Å². The number of aryl methyl sites for hydroxylation is 2. The monoisotopic (exact) mass is 293 g/mol. The molecule has 0 radical (unpaired) electrons. The summed E-state index contributed by atoms with van der Waals surface area (Å²) in [6, 6.07) is 4.51. The summed E-state index contributed by atoms with van der Waals surface area (Å²) in [4.78, 5) is 9.39. The summed E-state index contributed by atoms with van der Waals surface area (Å²) in [5, 5.41) is 0. The lowest BCUT2D eigenvalue weighted by molar-refractivity contribution is 0.472. The van der Waals surface area contributed by atoms with Gasteiger partial charge in [0.2, 0.25) is 0 Å². The lowest BCUT2D eigenvalue weighted by atomic mass is 10.1. The number of imidazole rings is 1. The molecule has 0 N–H and O–H groups in total. The number of nitrogens with zero attached hydrogens (tertiary/aromatic N) is 3. The summed E-state index contributed by atoms with van der Waals surface area (Å²) < 4.78 is 2.29. The smallest absolute Gasteiger partial charge is 0.160 e. The molecule has 2 heterocycles. The van der Waals surface area contributed by atoms with Gasteiger partial charge in [0.15, 0.2) is 5.65 Å². The largest absolute Gasteiger partial charge is 0.310 e. The maximum absolute atomic E-state index is 5.92. The Morgan fingerprint density at radius 3 is 2.75 bits per heavy atom. The maximum atomic E-state index is 5.92. The first-order valence-corrected chi connectivity index (χ1v) is 8.11. The predicted molar refractivity (Wildman–Crippen MR) is 85.5 cm³/mol. The van der Waals surface area contributed by atoms with Crippen molar-refractivity contribution in [1.82, 2.24) is 14.5 Å². The van der Waals surface area contributed by atoms with E-state index >= 15 is 0 Å². The highest BCUT2D eigenvalue weighted by atomic mass is 35.5. The standard InChI is InChI=1S/C16H24ClN3/c1-4-5-6-7-13(3)20-15(10-11-17)19-14-9-8-12(2)18-16(14)20/h8-9,13H,4-7,10-11H2,1-3H3. The molecule has 2 rings (SSSR count). The van der Waals surface area contributed by atoms with Gasteiger partial charge in [-0.15, -0.1) is 11.6 Å². The van der Waals surface area contributed by atoms with Crippen LogP contribution in [0.1, 0.15) is 57.1 Å². The molecule has 0 aromatic carbocycles. The SMILES string of the molecule is CCCCCC(C)n1c(CCCl)nc2ccc(C)nc21. The van der Waals surface area contributed by atoms with Crippen LogP contribution in [0.15, 0.2) is 12.1 Å². The van der Waals surface area contributed by atoms with E-state index in [-0.39, 0.29) is 0 Å². The molecule has 0 aliphatic carbocycles. The molecule has 0 saturated heterocycles. The van der Waals surface area contributed by atoms with Gasteiger partial charge in [0.1, 0.15) is 11.3 Å². The van der Waals surface area contributed by atoms with Gasteiger partial charge in [0.05, 0.1) is 0 Å². The Bertz CT molecular complexity index is 562. The van der Waals surface area contributed by atoms with Crippen LogP contribution in [0, 0.1) is 6.92 Å². The highest BCUT2D eigenvalue weighted by molar-refractivity contribution is 6.17. The molecule has 2 aromatic heterocycles. The van der Waals surface area contributed by atoms with Crippen molar-refractivity contribution in [2.24, 2.45) is 0 Å². The van der Waals surface area contributed by atoms with Gasteiger partial charge in [-0.05, 0) is 32.4 Å². The summed E-state index contributed by atoms with van der Waals surface area (Å²) in [6.45, 7) is 6.53. The van der Waals surface area contributed by atoms with Crippen LogP contribution in [-0.4, -0.2) is 20.4 Å². The van der Waals surface area contributed by atoms with Crippen molar-refractivity contribution in [3.63, 3.8) is 0 Å². The minimum atomic E-state index is 0.430. The Morgan fingerprint density at radius 1 is 1.25 bits per heavy atom. The number of unbranched alkanes of at least 4 members (excludes halogenated alkanes) is 2. The Hall–Kier alpha value is -1.09. The fourth-order valence-electron chi connectivity index (χ4n) is 2.66. The Kier molecular flexibility index (Phi) is 5.41. The first-order chi connectivity index (χ1) is 9.67. The zero-order valence-electron chi connectivity index (χ0n) is 12.7. The molecule has 0 aliphatic rings. The third-order valence-corrected chi connectivity index (χ3v) is 3.92. The predicted octanol–water partition coefficient (Wildman–Crippen LogP) is 4.66. The van der Waals surface area contributed by atoms with Crippen LogP contribution in [0.2, 0.25) is 0 Å². The van der Waals surface area contributed by atoms with Gasteiger partial charge < -0.3 is 4.57 Å². The van der Waals surface area contributed by atoms with Crippen molar-refractivity contribution in [3.8, 4) is 0 Å². The molecule has 0 amide bonds. The third kappa shape index (κ3) is 3.32. The lowest BCUT2D eigenvalue weighted by Crippen LogP contribution is -2.11. The Labute approximate surface area is 126 Å². The molecule has 4 heteroatoms. The summed E-state index contributed by atoms with van der Waals surface area (Å²) in [5.41, 5.74) is 3.03. The Morgan fingerprint density at radius 2 is 2.05 bits per heavy atom. The van der Waals surface area contributed by atoms with Gasteiger partial charge in [-0.2, -0.15) is 0 Å². The van der Waals surface area contributed by atoms with Crippen LogP contribution in [0.3, 0.4) is 0 Å². The molecular formula is C16H24ClN3. The zero-order valence-corrected chi connectivity index (χ0v) is 13.5. The van der Waals surface area contributed by atoms with E-state index in [2.05, 4.69) is 29.5 Å². The molecule has 2 aromatic rings. The lowest BCUT2D eigenvalue weighted by Gasteiger charge is -2.17. The quantitative estimate of drug-likeness (QED) is 0.549. The third-order valence-electron chi connectivity index (χ3n) is 3.73. The number of rotatable bonds is 7. The average molecular weight is 294 g/mol. The van der Waals surface area contributed by atoms with Crippen molar-refractivity contribution in [2.75, 3.05) is 5.88 Å². The van der Waals surface area contributed by atoms with E-state index in [0.29, 0.717) is 11.9 Å². The molecular weight excluding hydrogens is 270 g/mol. The van der Waals surface area contributed by atoms with Gasteiger partial charge in [0, 0.05) is 24.0 Å². The average Bonchev–Trinajstić information content (AvgIpc) is 2.76. The van der Waals surface area contributed by atoms with E-state index in [1.165, 1.54) is 25.7 Å². The van der Waals surface area contributed by atoms with Crippen molar-refractivity contribution in [1.29, 1.82) is 0 Å². The fourth-order valence-corrected chi connectivity index (χ4v) is 2.83. The number of fused-ring (bicyclic) bond motifs is 1. The first kappa shape index (κ1) is 15.3. The summed E-state index contributed by atoms with van der Waals surface area (Å²) in [6.07, 6.45) is 5.76. The van der Waals surface area contributed by atoms with Gasteiger partial charge in [-0.25, -0.2) is 9.97 Å². The van der Waals surface area contributed by atoms with Crippen molar-refractivity contribution in [2.45, 2.75) is 58.9 Å². The molecule has 3 nitrogen and oxygen atoms in total. The molecule has 0 fully saturated rings. The summed E-state index contributed by atoms with van der Waals surface area (Å²) >= 11 is 5.92. The van der Waals surface area contributed by atoms with Crippen LogP contribution in [0.25, 0.3) is 11.2 Å². The fraction of sp³-hybridized carbons (Fsp3) is 0.625. The summed E-state index contributed by atoms with van der Waals surface area (Å²) in [5.74, 6) is 1.67. The van der Waals surface area contributed by atoms with Crippen molar-refractivity contribution in [3.05, 3.63) is 23.7 Å². The number of alkyl halides is 1. The number of hydrogen-bond donors (Lipinski definition) is 0. The van der Waals surface area contributed by atoms with E-state index in [4.69, 9.17) is 16.6 Å². The zero-order chi connectivity index (χ0) is 14.5. The van der Waals surface area contributed by atoms with Gasteiger partial charge in [-0.1, -0.05) is 26.2 Å². The Balaban J connectivity index is 2.36. The number of halogens is 1. The number of pyridine rings is 1. The molecule has 1 atom stereocenters.